The third kappa shape index (κ3) is 1.80. The van der Waals surface area contributed by atoms with Crippen molar-refractivity contribution in [1.29, 1.82) is 0 Å². The van der Waals surface area contributed by atoms with E-state index in [1.165, 1.54) is 0 Å². The standard InChI is InChI=1S/C13H15N3O/c14-11-4-2-1-3-10(11)12-8-16-7-9(17)5-6-13(16)15-12/h1-4,8-9,17H,5-7,14H2. The van der Waals surface area contributed by atoms with E-state index >= 15 is 0 Å². The van der Waals surface area contributed by atoms with Gasteiger partial charge in [0.15, 0.2) is 0 Å². The molecule has 3 N–H and O–H groups in total. The minimum absolute atomic E-state index is 0.252. The molecule has 1 aromatic carbocycles. The summed E-state index contributed by atoms with van der Waals surface area (Å²) in [5.74, 6) is 1.04. The Balaban J connectivity index is 2.03. The molecule has 0 aliphatic carbocycles. The maximum absolute atomic E-state index is 9.62. The van der Waals surface area contributed by atoms with Gasteiger partial charge in [-0.1, -0.05) is 18.2 Å². The van der Waals surface area contributed by atoms with Crippen LogP contribution < -0.4 is 5.73 Å². The van der Waals surface area contributed by atoms with Gasteiger partial charge in [0.2, 0.25) is 0 Å². The zero-order valence-electron chi connectivity index (χ0n) is 9.50. The smallest absolute Gasteiger partial charge is 0.109 e. The van der Waals surface area contributed by atoms with Crippen LogP contribution in [-0.2, 0) is 13.0 Å². The first-order chi connectivity index (χ1) is 8.24. The van der Waals surface area contributed by atoms with Crippen LogP contribution in [0.1, 0.15) is 12.2 Å². The summed E-state index contributed by atoms with van der Waals surface area (Å²) < 4.78 is 2.02. The molecular formula is C13H15N3O. The average molecular weight is 229 g/mol. The van der Waals surface area contributed by atoms with Crippen LogP contribution in [-0.4, -0.2) is 20.8 Å². The van der Waals surface area contributed by atoms with E-state index in [1.54, 1.807) is 0 Å². The zero-order chi connectivity index (χ0) is 11.8. The van der Waals surface area contributed by atoms with Gasteiger partial charge in [-0.05, 0) is 12.5 Å². The van der Waals surface area contributed by atoms with Crippen LogP contribution in [0.3, 0.4) is 0 Å². The molecule has 1 aromatic heterocycles. The minimum atomic E-state index is -0.252. The molecule has 1 atom stereocenters. The number of nitrogens with zero attached hydrogens (tertiary/aromatic N) is 2. The van der Waals surface area contributed by atoms with Gasteiger partial charge in [-0.2, -0.15) is 0 Å². The van der Waals surface area contributed by atoms with Crippen molar-refractivity contribution in [3.8, 4) is 11.3 Å². The number of fused-ring (bicyclic) bond motifs is 1. The van der Waals surface area contributed by atoms with Crippen molar-refractivity contribution in [3.05, 3.63) is 36.3 Å². The Morgan fingerprint density at radius 3 is 3.00 bits per heavy atom. The molecule has 2 aromatic rings. The normalized spacial score (nSPS) is 19.0. The van der Waals surface area contributed by atoms with Crippen molar-refractivity contribution in [3.63, 3.8) is 0 Å². The number of hydrogen-bond donors (Lipinski definition) is 2. The summed E-state index contributed by atoms with van der Waals surface area (Å²) in [6, 6.07) is 7.72. The number of hydrogen-bond acceptors (Lipinski definition) is 3. The summed E-state index contributed by atoms with van der Waals surface area (Å²) in [5, 5.41) is 9.62. The molecular weight excluding hydrogens is 214 g/mol. The zero-order valence-corrected chi connectivity index (χ0v) is 9.50. The van der Waals surface area contributed by atoms with Crippen molar-refractivity contribution < 1.29 is 5.11 Å². The number of aryl methyl sites for hydroxylation is 1. The lowest BCUT2D eigenvalue weighted by Gasteiger charge is -2.18. The SMILES string of the molecule is Nc1ccccc1-c1cn2c(n1)CCC(O)C2. The second-order valence-electron chi connectivity index (χ2n) is 4.47. The third-order valence-corrected chi connectivity index (χ3v) is 3.20. The van der Waals surface area contributed by atoms with Gasteiger partial charge in [0.05, 0.1) is 11.8 Å². The summed E-state index contributed by atoms with van der Waals surface area (Å²) in [7, 11) is 0. The van der Waals surface area contributed by atoms with Crippen molar-refractivity contribution >= 4 is 5.69 Å². The number of rotatable bonds is 1. The Morgan fingerprint density at radius 2 is 2.18 bits per heavy atom. The van der Waals surface area contributed by atoms with Crippen molar-refractivity contribution in [2.45, 2.75) is 25.5 Å². The lowest BCUT2D eigenvalue weighted by molar-refractivity contribution is 0.130. The highest BCUT2D eigenvalue weighted by atomic mass is 16.3. The van der Waals surface area contributed by atoms with E-state index in [0.29, 0.717) is 6.54 Å². The Labute approximate surface area is 99.7 Å². The number of aliphatic hydroxyl groups is 1. The Hall–Kier alpha value is -1.81. The van der Waals surface area contributed by atoms with E-state index in [2.05, 4.69) is 4.98 Å². The van der Waals surface area contributed by atoms with Crippen LogP contribution in [0.4, 0.5) is 5.69 Å². The summed E-state index contributed by atoms with van der Waals surface area (Å²) in [4.78, 5) is 4.59. The molecule has 1 aliphatic heterocycles. The average Bonchev–Trinajstić information content (AvgIpc) is 2.72. The first-order valence-corrected chi connectivity index (χ1v) is 5.83. The van der Waals surface area contributed by atoms with E-state index in [9.17, 15) is 5.11 Å². The molecule has 0 saturated carbocycles. The van der Waals surface area contributed by atoms with E-state index in [-0.39, 0.29) is 6.10 Å². The molecule has 0 radical (unpaired) electrons. The fraction of sp³-hybridized carbons (Fsp3) is 0.308. The molecule has 0 saturated heterocycles. The minimum Gasteiger partial charge on any atom is -0.398 e. The second-order valence-corrected chi connectivity index (χ2v) is 4.47. The van der Waals surface area contributed by atoms with Gasteiger partial charge >= 0.3 is 0 Å². The largest absolute Gasteiger partial charge is 0.398 e. The van der Waals surface area contributed by atoms with Gasteiger partial charge in [0, 0.05) is 30.4 Å². The quantitative estimate of drug-likeness (QED) is 0.727. The summed E-state index contributed by atoms with van der Waals surface area (Å²) in [6.45, 7) is 0.634. The molecule has 1 aliphatic rings. The number of benzene rings is 1. The lowest BCUT2D eigenvalue weighted by Crippen LogP contribution is -2.23. The van der Waals surface area contributed by atoms with Gasteiger partial charge in [0.1, 0.15) is 5.82 Å². The van der Waals surface area contributed by atoms with Gasteiger partial charge in [-0.25, -0.2) is 4.98 Å². The predicted octanol–water partition coefficient (Wildman–Crippen LogP) is 1.44. The van der Waals surface area contributed by atoms with Crippen LogP contribution in [0.15, 0.2) is 30.5 Å². The van der Waals surface area contributed by atoms with Crippen LogP contribution >= 0.6 is 0 Å². The van der Waals surface area contributed by atoms with Crippen molar-refractivity contribution in [2.75, 3.05) is 5.73 Å². The maximum Gasteiger partial charge on any atom is 0.109 e. The highest BCUT2D eigenvalue weighted by molar-refractivity contribution is 5.73. The Kier molecular flexibility index (Phi) is 2.37. The predicted molar refractivity (Wildman–Crippen MR) is 66.4 cm³/mol. The number of anilines is 1. The maximum atomic E-state index is 9.62. The molecule has 1 unspecified atom stereocenters. The number of para-hydroxylation sites is 1. The number of aliphatic hydroxyl groups excluding tert-OH is 1. The first-order valence-electron chi connectivity index (χ1n) is 5.83. The third-order valence-electron chi connectivity index (χ3n) is 3.20. The van der Waals surface area contributed by atoms with Crippen LogP contribution in [0, 0.1) is 0 Å². The van der Waals surface area contributed by atoms with E-state index < -0.39 is 0 Å². The number of nitrogen functional groups attached to an aromatic ring is 1. The highest BCUT2D eigenvalue weighted by Crippen LogP contribution is 2.26. The molecule has 0 spiro atoms. The van der Waals surface area contributed by atoms with Gasteiger partial charge in [0.25, 0.3) is 0 Å². The number of imidazole rings is 1. The Bertz CT molecular complexity index is 547. The Morgan fingerprint density at radius 1 is 1.35 bits per heavy atom. The van der Waals surface area contributed by atoms with Crippen LogP contribution in [0.2, 0.25) is 0 Å². The van der Waals surface area contributed by atoms with E-state index in [4.69, 9.17) is 5.73 Å². The summed E-state index contributed by atoms with van der Waals surface area (Å²) in [5.41, 5.74) is 8.54. The number of nitrogens with two attached hydrogens (primary N) is 1. The molecule has 0 bridgehead atoms. The topological polar surface area (TPSA) is 64.1 Å². The first kappa shape index (κ1) is 10.4. The highest BCUT2D eigenvalue weighted by Gasteiger charge is 2.19. The molecule has 0 fully saturated rings. The van der Waals surface area contributed by atoms with Crippen molar-refractivity contribution in [1.82, 2.24) is 9.55 Å². The fourth-order valence-corrected chi connectivity index (χ4v) is 2.29. The monoisotopic (exact) mass is 229 g/mol. The molecule has 4 nitrogen and oxygen atoms in total. The van der Waals surface area contributed by atoms with Gasteiger partial charge in [-0.3, -0.25) is 0 Å². The molecule has 17 heavy (non-hydrogen) atoms. The molecule has 0 amide bonds. The van der Waals surface area contributed by atoms with Crippen LogP contribution in [0.25, 0.3) is 11.3 Å². The molecule has 3 rings (SSSR count). The summed E-state index contributed by atoms with van der Waals surface area (Å²) >= 11 is 0. The second kappa shape index (κ2) is 3.89. The summed E-state index contributed by atoms with van der Waals surface area (Å²) in [6.07, 6.45) is 3.34. The van der Waals surface area contributed by atoms with Gasteiger partial charge < -0.3 is 15.4 Å². The lowest BCUT2D eigenvalue weighted by atomic mass is 10.1. The van der Waals surface area contributed by atoms with E-state index in [1.807, 2.05) is 35.0 Å². The molecule has 88 valence electrons. The van der Waals surface area contributed by atoms with Crippen LogP contribution in [0.5, 0.6) is 0 Å². The van der Waals surface area contributed by atoms with E-state index in [0.717, 1.165) is 35.6 Å². The molecule has 2 heterocycles. The van der Waals surface area contributed by atoms with Crippen molar-refractivity contribution in [2.24, 2.45) is 0 Å². The molecule has 4 heteroatoms. The fourth-order valence-electron chi connectivity index (χ4n) is 2.29. The van der Waals surface area contributed by atoms with Gasteiger partial charge in [-0.15, -0.1) is 0 Å². The number of aromatic nitrogens is 2.